The second kappa shape index (κ2) is 5.14. The van der Waals surface area contributed by atoms with Crippen molar-refractivity contribution in [2.45, 2.75) is 18.4 Å². The molecule has 1 heterocycles. The molecule has 0 unspecified atom stereocenters. The Morgan fingerprint density at radius 2 is 2.18 bits per heavy atom. The van der Waals surface area contributed by atoms with Crippen LogP contribution in [0.1, 0.15) is 12.8 Å². The summed E-state index contributed by atoms with van der Waals surface area (Å²) in [7, 11) is 1.36. The molecule has 8 nitrogen and oxygen atoms in total. The number of anilines is 1. The van der Waals surface area contributed by atoms with Gasteiger partial charge in [0, 0.05) is 11.3 Å². The van der Waals surface area contributed by atoms with Crippen LogP contribution in [0.15, 0.2) is 30.5 Å². The molecule has 0 saturated heterocycles. The number of esters is 1. The van der Waals surface area contributed by atoms with Gasteiger partial charge in [0.05, 0.1) is 13.3 Å². The summed E-state index contributed by atoms with van der Waals surface area (Å²) in [5.74, 6) is -0.312. The Kier molecular flexibility index (Phi) is 3.28. The summed E-state index contributed by atoms with van der Waals surface area (Å²) in [5, 5.41) is 10.6. The standard InChI is InChI=1S/C14H15N5O3/c1-22-12(20)14(5-6-14)19-8-11(17-18-19)9-3-2-4-10(7-9)16-13(15)21/h2-4,7-8H,5-6H2,1H3,(H3,15,16,21). The number of hydrogen-bond acceptors (Lipinski definition) is 5. The number of nitrogens with zero attached hydrogens (tertiary/aromatic N) is 3. The molecule has 0 radical (unpaired) electrons. The van der Waals surface area contributed by atoms with Crippen molar-refractivity contribution in [3.05, 3.63) is 30.5 Å². The molecule has 114 valence electrons. The van der Waals surface area contributed by atoms with Crippen molar-refractivity contribution in [1.29, 1.82) is 0 Å². The number of carbonyl (C=O) groups excluding carboxylic acids is 2. The number of carbonyl (C=O) groups is 2. The molecule has 22 heavy (non-hydrogen) atoms. The summed E-state index contributed by atoms with van der Waals surface area (Å²) in [6.45, 7) is 0. The molecule has 2 aromatic rings. The highest BCUT2D eigenvalue weighted by Crippen LogP contribution is 2.44. The highest BCUT2D eigenvalue weighted by atomic mass is 16.5. The summed E-state index contributed by atoms with van der Waals surface area (Å²) < 4.78 is 6.36. The first-order chi connectivity index (χ1) is 10.5. The Labute approximate surface area is 126 Å². The molecule has 0 atom stereocenters. The molecule has 3 N–H and O–H groups in total. The maximum atomic E-state index is 11.8. The first kappa shape index (κ1) is 14.1. The summed E-state index contributed by atoms with van der Waals surface area (Å²) in [6.07, 6.45) is 3.07. The molecule has 0 spiro atoms. The van der Waals surface area contributed by atoms with Crippen LogP contribution in [0.3, 0.4) is 0 Å². The van der Waals surface area contributed by atoms with Crippen LogP contribution >= 0.6 is 0 Å². The van der Waals surface area contributed by atoms with E-state index in [1.807, 2.05) is 6.07 Å². The molecule has 0 aliphatic heterocycles. The molecule has 1 aromatic carbocycles. The van der Waals surface area contributed by atoms with Crippen molar-refractivity contribution >= 4 is 17.7 Å². The molecule has 1 fully saturated rings. The minimum Gasteiger partial charge on any atom is -0.467 e. The van der Waals surface area contributed by atoms with E-state index in [2.05, 4.69) is 15.6 Å². The van der Waals surface area contributed by atoms with Crippen LogP contribution in [-0.4, -0.2) is 34.1 Å². The predicted molar refractivity (Wildman–Crippen MR) is 77.9 cm³/mol. The summed E-state index contributed by atoms with van der Waals surface area (Å²) in [5.41, 5.74) is 6.30. The molecular weight excluding hydrogens is 286 g/mol. The van der Waals surface area contributed by atoms with Crippen molar-refractivity contribution in [3.63, 3.8) is 0 Å². The quantitative estimate of drug-likeness (QED) is 0.821. The second-order valence-corrected chi connectivity index (χ2v) is 5.14. The topological polar surface area (TPSA) is 112 Å². The average Bonchev–Trinajstić information content (AvgIpc) is 3.16. The SMILES string of the molecule is COC(=O)C1(n2cc(-c3cccc(NC(N)=O)c3)nn2)CC1. The Morgan fingerprint density at radius 1 is 1.41 bits per heavy atom. The van der Waals surface area contributed by atoms with Gasteiger partial charge >= 0.3 is 12.0 Å². The smallest absolute Gasteiger partial charge is 0.333 e. The van der Waals surface area contributed by atoms with E-state index in [-0.39, 0.29) is 5.97 Å². The van der Waals surface area contributed by atoms with Crippen LogP contribution in [-0.2, 0) is 15.1 Å². The van der Waals surface area contributed by atoms with Gasteiger partial charge in [-0.15, -0.1) is 5.10 Å². The number of rotatable bonds is 4. The maximum Gasteiger partial charge on any atom is 0.333 e. The van der Waals surface area contributed by atoms with Crippen molar-refractivity contribution in [1.82, 2.24) is 15.0 Å². The van der Waals surface area contributed by atoms with Gasteiger partial charge in [-0.05, 0) is 25.0 Å². The lowest BCUT2D eigenvalue weighted by Gasteiger charge is -2.11. The number of methoxy groups -OCH3 is 1. The van der Waals surface area contributed by atoms with E-state index < -0.39 is 11.6 Å². The van der Waals surface area contributed by atoms with E-state index in [1.165, 1.54) is 7.11 Å². The Bertz CT molecular complexity index is 736. The molecule has 2 amide bonds. The number of nitrogens with one attached hydrogen (secondary N) is 1. The van der Waals surface area contributed by atoms with Crippen LogP contribution in [0.4, 0.5) is 10.5 Å². The highest BCUT2D eigenvalue weighted by molar-refractivity contribution is 5.88. The van der Waals surface area contributed by atoms with Gasteiger partial charge in [-0.3, -0.25) is 0 Å². The zero-order chi connectivity index (χ0) is 15.7. The third-order valence-corrected chi connectivity index (χ3v) is 3.65. The first-order valence-electron chi connectivity index (χ1n) is 6.73. The van der Waals surface area contributed by atoms with Gasteiger partial charge in [-0.25, -0.2) is 14.3 Å². The number of hydrogen-bond donors (Lipinski definition) is 2. The number of amides is 2. The molecule has 1 aliphatic carbocycles. The third kappa shape index (κ3) is 2.39. The van der Waals surface area contributed by atoms with Crippen molar-refractivity contribution in [2.24, 2.45) is 5.73 Å². The monoisotopic (exact) mass is 301 g/mol. The van der Waals surface area contributed by atoms with Gasteiger partial charge in [0.25, 0.3) is 0 Å². The van der Waals surface area contributed by atoms with E-state index in [9.17, 15) is 9.59 Å². The molecular formula is C14H15N5O3. The third-order valence-electron chi connectivity index (χ3n) is 3.65. The van der Waals surface area contributed by atoms with E-state index in [0.717, 1.165) is 5.56 Å². The summed E-state index contributed by atoms with van der Waals surface area (Å²) >= 11 is 0. The zero-order valence-corrected chi connectivity index (χ0v) is 11.9. The minimum atomic E-state index is -0.719. The number of aromatic nitrogens is 3. The number of urea groups is 1. The first-order valence-corrected chi connectivity index (χ1v) is 6.73. The fraction of sp³-hybridized carbons (Fsp3) is 0.286. The van der Waals surface area contributed by atoms with Crippen LogP contribution in [0.2, 0.25) is 0 Å². The van der Waals surface area contributed by atoms with Crippen molar-refractivity contribution in [3.8, 4) is 11.3 Å². The minimum absolute atomic E-state index is 0.312. The van der Waals surface area contributed by atoms with Crippen LogP contribution in [0, 0.1) is 0 Å². The van der Waals surface area contributed by atoms with Gasteiger partial charge in [-0.2, -0.15) is 0 Å². The number of ether oxygens (including phenoxy) is 1. The molecule has 8 heteroatoms. The maximum absolute atomic E-state index is 11.8. The van der Waals surface area contributed by atoms with Crippen molar-refractivity contribution in [2.75, 3.05) is 12.4 Å². The van der Waals surface area contributed by atoms with E-state index in [4.69, 9.17) is 10.5 Å². The van der Waals surface area contributed by atoms with Gasteiger partial charge in [0.2, 0.25) is 0 Å². The lowest BCUT2D eigenvalue weighted by atomic mass is 10.1. The van der Waals surface area contributed by atoms with Gasteiger partial charge < -0.3 is 15.8 Å². The van der Waals surface area contributed by atoms with E-state index >= 15 is 0 Å². The van der Waals surface area contributed by atoms with Crippen molar-refractivity contribution < 1.29 is 14.3 Å². The largest absolute Gasteiger partial charge is 0.467 e. The Morgan fingerprint density at radius 3 is 2.82 bits per heavy atom. The lowest BCUT2D eigenvalue weighted by molar-refractivity contribution is -0.146. The van der Waals surface area contributed by atoms with E-state index in [0.29, 0.717) is 24.2 Å². The number of benzene rings is 1. The molecule has 3 rings (SSSR count). The molecule has 1 aromatic heterocycles. The van der Waals surface area contributed by atoms with Gasteiger partial charge in [-0.1, -0.05) is 17.3 Å². The summed E-state index contributed by atoms with van der Waals surface area (Å²) in [6, 6.07) is 6.42. The Hall–Kier alpha value is -2.90. The van der Waals surface area contributed by atoms with Crippen LogP contribution < -0.4 is 11.1 Å². The zero-order valence-electron chi connectivity index (χ0n) is 11.9. The molecule has 1 aliphatic rings. The number of primary amides is 1. The van der Waals surface area contributed by atoms with Crippen LogP contribution in [0.5, 0.6) is 0 Å². The van der Waals surface area contributed by atoms with Gasteiger partial charge in [0.15, 0.2) is 5.54 Å². The molecule has 1 saturated carbocycles. The predicted octanol–water partition coefficient (Wildman–Crippen LogP) is 1.10. The summed E-state index contributed by atoms with van der Waals surface area (Å²) in [4.78, 5) is 22.7. The van der Waals surface area contributed by atoms with E-state index in [1.54, 1.807) is 29.1 Å². The second-order valence-electron chi connectivity index (χ2n) is 5.14. The number of nitrogens with two attached hydrogens (primary N) is 1. The fourth-order valence-corrected chi connectivity index (χ4v) is 2.34. The van der Waals surface area contributed by atoms with Crippen LogP contribution in [0.25, 0.3) is 11.3 Å². The molecule has 0 bridgehead atoms. The van der Waals surface area contributed by atoms with Gasteiger partial charge in [0.1, 0.15) is 5.69 Å². The highest BCUT2D eigenvalue weighted by Gasteiger charge is 2.54. The fourth-order valence-electron chi connectivity index (χ4n) is 2.34. The normalized spacial score (nSPS) is 15.1. The Balaban J connectivity index is 1.88. The average molecular weight is 301 g/mol. The lowest BCUT2D eigenvalue weighted by Crippen LogP contribution is -2.29.